The average Bonchev–Trinajstić information content (AvgIpc) is 2.73. The summed E-state index contributed by atoms with van der Waals surface area (Å²) >= 11 is 5.95. The minimum atomic E-state index is -0.371. The van der Waals surface area contributed by atoms with Gasteiger partial charge in [-0.2, -0.15) is 0 Å². The predicted molar refractivity (Wildman–Crippen MR) is 89.3 cm³/mol. The minimum Gasteiger partial charge on any atom is -0.274 e. The number of rotatable bonds is 3. The van der Waals surface area contributed by atoms with Gasteiger partial charge in [0.05, 0.1) is 5.92 Å². The fourth-order valence-electron chi connectivity index (χ4n) is 2.85. The molecule has 4 nitrogen and oxygen atoms in total. The molecule has 1 fully saturated rings. The van der Waals surface area contributed by atoms with Crippen LogP contribution in [0.3, 0.4) is 0 Å². The Morgan fingerprint density at radius 3 is 2.48 bits per heavy atom. The Morgan fingerprint density at radius 1 is 1.13 bits per heavy atom. The third-order valence-electron chi connectivity index (χ3n) is 4.26. The SMILES string of the molecule is Cc1ccc(C[C@@H]2C(=O)N(c3cc(Cl)ccn3)C(=O)[C@H]2C)cc1. The number of benzene rings is 1. The van der Waals surface area contributed by atoms with Gasteiger partial charge in [-0.15, -0.1) is 0 Å². The zero-order valence-electron chi connectivity index (χ0n) is 13.0. The molecule has 2 amide bonds. The Labute approximate surface area is 140 Å². The van der Waals surface area contributed by atoms with Crippen molar-refractivity contribution in [3.63, 3.8) is 0 Å². The van der Waals surface area contributed by atoms with Crippen LogP contribution >= 0.6 is 11.6 Å². The molecule has 1 aliphatic rings. The van der Waals surface area contributed by atoms with Gasteiger partial charge in [-0.25, -0.2) is 9.88 Å². The molecule has 3 rings (SSSR count). The van der Waals surface area contributed by atoms with Crippen LogP contribution in [0.15, 0.2) is 42.6 Å². The van der Waals surface area contributed by atoms with Crippen LogP contribution in [-0.2, 0) is 16.0 Å². The highest BCUT2D eigenvalue weighted by Gasteiger charge is 2.46. The van der Waals surface area contributed by atoms with Gasteiger partial charge in [0.1, 0.15) is 5.82 Å². The lowest BCUT2D eigenvalue weighted by Crippen LogP contribution is -2.31. The van der Waals surface area contributed by atoms with Gasteiger partial charge >= 0.3 is 0 Å². The molecule has 23 heavy (non-hydrogen) atoms. The summed E-state index contributed by atoms with van der Waals surface area (Å²) in [6.45, 7) is 3.81. The number of hydrogen-bond acceptors (Lipinski definition) is 3. The van der Waals surface area contributed by atoms with E-state index < -0.39 is 0 Å². The minimum absolute atomic E-state index is 0.210. The number of hydrogen-bond donors (Lipinski definition) is 0. The van der Waals surface area contributed by atoms with Crippen LogP contribution in [0.5, 0.6) is 0 Å². The number of pyridine rings is 1. The number of aryl methyl sites for hydroxylation is 1. The van der Waals surface area contributed by atoms with Crippen molar-refractivity contribution < 1.29 is 9.59 Å². The van der Waals surface area contributed by atoms with Crippen LogP contribution in [0, 0.1) is 18.8 Å². The molecule has 118 valence electrons. The Kier molecular flexibility index (Phi) is 4.18. The van der Waals surface area contributed by atoms with E-state index in [-0.39, 0.29) is 23.7 Å². The predicted octanol–water partition coefficient (Wildman–Crippen LogP) is 3.41. The average molecular weight is 329 g/mol. The van der Waals surface area contributed by atoms with E-state index in [1.165, 1.54) is 11.8 Å². The highest BCUT2D eigenvalue weighted by Crippen LogP contribution is 2.32. The van der Waals surface area contributed by atoms with E-state index in [4.69, 9.17) is 11.6 Å². The highest BCUT2D eigenvalue weighted by molar-refractivity contribution is 6.31. The largest absolute Gasteiger partial charge is 0.274 e. The monoisotopic (exact) mass is 328 g/mol. The van der Waals surface area contributed by atoms with E-state index in [0.717, 1.165) is 10.5 Å². The maximum absolute atomic E-state index is 12.7. The Morgan fingerprint density at radius 2 is 1.83 bits per heavy atom. The first-order chi connectivity index (χ1) is 11.0. The summed E-state index contributed by atoms with van der Waals surface area (Å²) in [5.74, 6) is -0.874. The summed E-state index contributed by atoms with van der Waals surface area (Å²) in [6, 6.07) is 11.2. The topological polar surface area (TPSA) is 50.3 Å². The zero-order valence-corrected chi connectivity index (χ0v) is 13.7. The molecule has 0 saturated carbocycles. The van der Waals surface area contributed by atoms with E-state index in [2.05, 4.69) is 4.98 Å². The summed E-state index contributed by atoms with van der Waals surface area (Å²) < 4.78 is 0. The van der Waals surface area contributed by atoms with Crippen molar-refractivity contribution in [3.05, 3.63) is 58.7 Å². The quantitative estimate of drug-likeness (QED) is 0.811. The molecule has 2 heterocycles. The van der Waals surface area contributed by atoms with Gasteiger partial charge in [-0.1, -0.05) is 48.4 Å². The van der Waals surface area contributed by atoms with E-state index in [1.807, 2.05) is 31.2 Å². The molecule has 0 spiro atoms. The summed E-state index contributed by atoms with van der Waals surface area (Å²) in [5, 5.41) is 0.449. The van der Waals surface area contributed by atoms with Gasteiger partial charge in [0.2, 0.25) is 11.8 Å². The molecule has 5 heteroatoms. The van der Waals surface area contributed by atoms with Gasteiger partial charge in [-0.05, 0) is 25.0 Å². The lowest BCUT2D eigenvalue weighted by molar-refractivity contribution is -0.122. The maximum Gasteiger partial charge on any atom is 0.239 e. The summed E-state index contributed by atoms with van der Waals surface area (Å²) in [6.07, 6.45) is 2.04. The first-order valence-corrected chi connectivity index (χ1v) is 7.90. The molecule has 0 bridgehead atoms. The smallest absolute Gasteiger partial charge is 0.239 e. The standard InChI is InChI=1S/C18H17ClN2O2/c1-11-3-5-13(6-4-11)9-15-12(2)17(22)21(18(15)23)16-10-14(19)7-8-20-16/h3-8,10,12,15H,9H2,1-2H3/t12-,15-/m0/s1. The second-order valence-electron chi connectivity index (χ2n) is 5.93. The normalized spacial score (nSPS) is 21.1. The summed E-state index contributed by atoms with van der Waals surface area (Å²) in [5.41, 5.74) is 2.22. The van der Waals surface area contributed by atoms with Gasteiger partial charge in [-0.3, -0.25) is 9.59 Å². The number of carbonyl (C=O) groups excluding carboxylic acids is 2. The molecule has 1 saturated heterocycles. The Hall–Kier alpha value is -2.20. The van der Waals surface area contributed by atoms with Crippen molar-refractivity contribution in [2.75, 3.05) is 4.90 Å². The first-order valence-electron chi connectivity index (χ1n) is 7.52. The van der Waals surface area contributed by atoms with Crippen LogP contribution in [0.4, 0.5) is 5.82 Å². The molecule has 2 aromatic rings. The lowest BCUT2D eigenvalue weighted by Gasteiger charge is -2.14. The molecule has 1 aliphatic heterocycles. The zero-order chi connectivity index (χ0) is 16.6. The lowest BCUT2D eigenvalue weighted by atomic mass is 9.90. The van der Waals surface area contributed by atoms with E-state index in [0.29, 0.717) is 17.3 Å². The van der Waals surface area contributed by atoms with E-state index in [1.54, 1.807) is 19.1 Å². The molecular weight excluding hydrogens is 312 g/mol. The number of aromatic nitrogens is 1. The summed E-state index contributed by atoms with van der Waals surface area (Å²) in [7, 11) is 0. The number of halogens is 1. The van der Waals surface area contributed by atoms with Crippen LogP contribution < -0.4 is 4.90 Å². The van der Waals surface area contributed by atoms with E-state index in [9.17, 15) is 9.59 Å². The highest BCUT2D eigenvalue weighted by atomic mass is 35.5. The first kappa shape index (κ1) is 15.7. The molecule has 0 unspecified atom stereocenters. The third-order valence-corrected chi connectivity index (χ3v) is 4.50. The van der Waals surface area contributed by atoms with Crippen LogP contribution in [0.25, 0.3) is 0 Å². The van der Waals surface area contributed by atoms with Gasteiger partial charge in [0.15, 0.2) is 0 Å². The molecule has 0 aliphatic carbocycles. The van der Waals surface area contributed by atoms with Gasteiger partial charge in [0, 0.05) is 23.2 Å². The summed E-state index contributed by atoms with van der Waals surface area (Å²) in [4.78, 5) is 30.5. The van der Waals surface area contributed by atoms with Crippen LogP contribution in [0.2, 0.25) is 5.02 Å². The Balaban J connectivity index is 1.87. The molecule has 1 aromatic carbocycles. The van der Waals surface area contributed by atoms with Crippen molar-refractivity contribution in [2.24, 2.45) is 11.8 Å². The number of amides is 2. The maximum atomic E-state index is 12.7. The van der Waals surface area contributed by atoms with Crippen molar-refractivity contribution >= 4 is 29.2 Å². The fourth-order valence-corrected chi connectivity index (χ4v) is 3.00. The fraction of sp³-hybridized carbons (Fsp3) is 0.278. The molecule has 1 aromatic heterocycles. The second kappa shape index (κ2) is 6.13. The van der Waals surface area contributed by atoms with E-state index >= 15 is 0 Å². The van der Waals surface area contributed by atoms with Crippen molar-refractivity contribution in [1.29, 1.82) is 0 Å². The van der Waals surface area contributed by atoms with Crippen molar-refractivity contribution in [2.45, 2.75) is 20.3 Å². The second-order valence-corrected chi connectivity index (χ2v) is 6.37. The third kappa shape index (κ3) is 2.99. The molecule has 2 atom stereocenters. The molecule has 0 N–H and O–H groups in total. The number of imide groups is 1. The molecular formula is C18H17ClN2O2. The number of carbonyl (C=O) groups is 2. The van der Waals surface area contributed by atoms with Crippen LogP contribution in [-0.4, -0.2) is 16.8 Å². The van der Waals surface area contributed by atoms with Crippen molar-refractivity contribution in [3.8, 4) is 0 Å². The van der Waals surface area contributed by atoms with Crippen LogP contribution in [0.1, 0.15) is 18.1 Å². The number of nitrogens with zero attached hydrogens (tertiary/aromatic N) is 2. The number of anilines is 1. The Bertz CT molecular complexity index is 758. The van der Waals surface area contributed by atoms with Crippen molar-refractivity contribution in [1.82, 2.24) is 4.98 Å². The van der Waals surface area contributed by atoms with Gasteiger partial charge in [0.25, 0.3) is 0 Å². The van der Waals surface area contributed by atoms with Gasteiger partial charge < -0.3 is 0 Å². The molecule has 0 radical (unpaired) electrons.